The Labute approximate surface area is 179 Å². The van der Waals surface area contributed by atoms with Gasteiger partial charge < -0.3 is 20.3 Å². The van der Waals surface area contributed by atoms with Crippen LogP contribution in [0.15, 0.2) is 29.3 Å². The zero-order valence-electron chi connectivity index (χ0n) is 18.2. The van der Waals surface area contributed by atoms with Crippen LogP contribution in [-0.4, -0.2) is 55.5 Å². The number of ether oxygens (including phenoxy) is 1. The van der Waals surface area contributed by atoms with E-state index in [1.807, 2.05) is 24.0 Å². The van der Waals surface area contributed by atoms with Crippen molar-refractivity contribution in [3.8, 4) is 0 Å². The summed E-state index contributed by atoms with van der Waals surface area (Å²) in [6.45, 7) is 4.88. The Morgan fingerprint density at radius 1 is 1.13 bits per heavy atom. The Hall–Kier alpha value is -2.57. The smallest absolute Gasteiger partial charge is 0.337 e. The molecule has 1 aliphatic carbocycles. The zero-order valence-corrected chi connectivity index (χ0v) is 18.2. The van der Waals surface area contributed by atoms with Crippen molar-refractivity contribution in [3.63, 3.8) is 0 Å². The predicted molar refractivity (Wildman–Crippen MR) is 117 cm³/mol. The van der Waals surface area contributed by atoms with Crippen LogP contribution in [0.25, 0.3) is 0 Å². The number of nitrogens with zero attached hydrogens (tertiary/aromatic N) is 2. The van der Waals surface area contributed by atoms with Crippen LogP contribution in [0, 0.1) is 5.92 Å². The van der Waals surface area contributed by atoms with E-state index in [4.69, 9.17) is 4.74 Å². The summed E-state index contributed by atoms with van der Waals surface area (Å²) in [6, 6.07) is 7.50. The van der Waals surface area contributed by atoms with Crippen LogP contribution in [0.5, 0.6) is 0 Å². The zero-order chi connectivity index (χ0) is 21.3. The highest BCUT2D eigenvalue weighted by Gasteiger charge is 2.31. The first-order valence-corrected chi connectivity index (χ1v) is 11.1. The molecule has 1 atom stereocenters. The quantitative estimate of drug-likeness (QED) is 0.425. The lowest BCUT2D eigenvalue weighted by Gasteiger charge is -2.26. The number of benzene rings is 1. The van der Waals surface area contributed by atoms with Crippen molar-refractivity contribution < 1.29 is 14.3 Å². The van der Waals surface area contributed by atoms with Gasteiger partial charge in [-0.2, -0.15) is 0 Å². The van der Waals surface area contributed by atoms with Gasteiger partial charge in [-0.3, -0.25) is 4.79 Å². The first kappa shape index (κ1) is 22.1. The third kappa shape index (κ3) is 5.97. The summed E-state index contributed by atoms with van der Waals surface area (Å²) >= 11 is 0. The third-order valence-electron chi connectivity index (χ3n) is 5.93. The molecule has 0 radical (unpaired) electrons. The number of methoxy groups -OCH3 is 1. The van der Waals surface area contributed by atoms with Gasteiger partial charge in [0.15, 0.2) is 5.96 Å². The molecule has 2 N–H and O–H groups in total. The molecule has 30 heavy (non-hydrogen) atoms. The monoisotopic (exact) mass is 414 g/mol. The van der Waals surface area contributed by atoms with E-state index in [2.05, 4.69) is 15.6 Å². The number of amides is 1. The summed E-state index contributed by atoms with van der Waals surface area (Å²) < 4.78 is 4.73. The Morgan fingerprint density at radius 3 is 2.53 bits per heavy atom. The van der Waals surface area contributed by atoms with E-state index < -0.39 is 0 Å². The van der Waals surface area contributed by atoms with Crippen LogP contribution in [0.4, 0.5) is 0 Å². The molecule has 0 spiro atoms. The molecular formula is C23H34N4O3. The second-order valence-electron chi connectivity index (χ2n) is 8.13. The fourth-order valence-electron chi connectivity index (χ4n) is 4.23. The van der Waals surface area contributed by atoms with Crippen LogP contribution in [0.3, 0.4) is 0 Å². The summed E-state index contributed by atoms with van der Waals surface area (Å²) in [6.07, 6.45) is 6.67. The highest BCUT2D eigenvalue weighted by molar-refractivity contribution is 5.89. The first-order valence-electron chi connectivity index (χ1n) is 11.1. The molecule has 1 unspecified atom stereocenters. The van der Waals surface area contributed by atoms with Crippen LogP contribution in [-0.2, 0) is 16.1 Å². The standard InChI is InChI=1S/C23H34N4O3/c1-3-24-23(25-15-17-9-11-19(12-10-17)22(29)30-2)26-20-13-14-27(16-20)21(28)18-7-5-4-6-8-18/h9-12,18,20H,3-8,13-16H2,1-2H3,(H2,24,25,26). The van der Waals surface area contributed by atoms with Gasteiger partial charge in [0, 0.05) is 31.6 Å². The maximum Gasteiger partial charge on any atom is 0.337 e. The molecule has 1 saturated carbocycles. The van der Waals surface area contributed by atoms with Crippen molar-refractivity contribution in [2.45, 2.75) is 58.0 Å². The lowest BCUT2D eigenvalue weighted by atomic mass is 9.88. The van der Waals surface area contributed by atoms with E-state index in [0.29, 0.717) is 18.0 Å². The van der Waals surface area contributed by atoms with E-state index in [9.17, 15) is 9.59 Å². The van der Waals surface area contributed by atoms with Gasteiger partial charge in [-0.25, -0.2) is 9.79 Å². The van der Waals surface area contributed by atoms with Gasteiger partial charge in [0.25, 0.3) is 0 Å². The lowest BCUT2D eigenvalue weighted by Crippen LogP contribution is -2.45. The molecule has 164 valence electrons. The van der Waals surface area contributed by atoms with Gasteiger partial charge in [0.05, 0.1) is 19.2 Å². The highest BCUT2D eigenvalue weighted by atomic mass is 16.5. The fourth-order valence-corrected chi connectivity index (χ4v) is 4.23. The van der Waals surface area contributed by atoms with Crippen molar-refractivity contribution in [1.29, 1.82) is 0 Å². The van der Waals surface area contributed by atoms with Crippen molar-refractivity contribution in [1.82, 2.24) is 15.5 Å². The molecule has 1 heterocycles. The molecular weight excluding hydrogens is 380 g/mol. The first-order chi connectivity index (χ1) is 14.6. The number of esters is 1. The number of carbonyl (C=O) groups excluding carboxylic acids is 2. The Bertz CT molecular complexity index is 741. The third-order valence-corrected chi connectivity index (χ3v) is 5.93. The largest absolute Gasteiger partial charge is 0.465 e. The summed E-state index contributed by atoms with van der Waals surface area (Å²) in [4.78, 5) is 31.0. The van der Waals surface area contributed by atoms with Crippen molar-refractivity contribution in [2.24, 2.45) is 10.9 Å². The molecule has 1 aliphatic heterocycles. The summed E-state index contributed by atoms with van der Waals surface area (Å²) in [5, 5.41) is 6.77. The molecule has 1 saturated heterocycles. The normalized spacial score (nSPS) is 20.1. The number of hydrogen-bond acceptors (Lipinski definition) is 4. The molecule has 2 aliphatic rings. The van der Waals surface area contributed by atoms with Gasteiger partial charge in [-0.15, -0.1) is 0 Å². The molecule has 1 amide bonds. The minimum absolute atomic E-state index is 0.219. The van der Waals surface area contributed by atoms with E-state index in [-0.39, 0.29) is 17.9 Å². The highest BCUT2D eigenvalue weighted by Crippen LogP contribution is 2.26. The van der Waals surface area contributed by atoms with Crippen molar-refractivity contribution in [3.05, 3.63) is 35.4 Å². The van der Waals surface area contributed by atoms with Crippen molar-refractivity contribution in [2.75, 3.05) is 26.7 Å². The number of guanidine groups is 1. The molecule has 1 aromatic carbocycles. The van der Waals surface area contributed by atoms with Crippen LogP contribution in [0.2, 0.25) is 0 Å². The van der Waals surface area contributed by atoms with Gasteiger partial charge in [-0.1, -0.05) is 31.4 Å². The van der Waals surface area contributed by atoms with Crippen LogP contribution >= 0.6 is 0 Å². The van der Waals surface area contributed by atoms with E-state index in [1.54, 1.807) is 12.1 Å². The Balaban J connectivity index is 1.53. The minimum Gasteiger partial charge on any atom is -0.465 e. The van der Waals surface area contributed by atoms with Crippen molar-refractivity contribution >= 4 is 17.8 Å². The average molecular weight is 415 g/mol. The number of carbonyl (C=O) groups is 2. The average Bonchev–Trinajstić information content (AvgIpc) is 3.26. The summed E-state index contributed by atoms with van der Waals surface area (Å²) in [5.74, 6) is 0.985. The summed E-state index contributed by atoms with van der Waals surface area (Å²) in [7, 11) is 1.38. The van der Waals surface area contributed by atoms with Gasteiger partial charge in [0.2, 0.25) is 5.91 Å². The van der Waals surface area contributed by atoms with E-state index >= 15 is 0 Å². The van der Waals surface area contributed by atoms with E-state index in [0.717, 1.165) is 50.4 Å². The predicted octanol–water partition coefficient (Wildman–Crippen LogP) is 2.71. The number of likely N-dealkylation sites (tertiary alicyclic amines) is 1. The lowest BCUT2D eigenvalue weighted by molar-refractivity contribution is -0.135. The number of nitrogens with one attached hydrogen (secondary N) is 2. The Kier molecular flexibility index (Phi) is 8.11. The molecule has 7 heteroatoms. The second kappa shape index (κ2) is 11.0. The number of aliphatic imine (C=N–C) groups is 1. The molecule has 1 aromatic rings. The maximum absolute atomic E-state index is 12.8. The van der Waals surface area contributed by atoms with Gasteiger partial charge in [-0.05, 0) is 43.9 Å². The fraction of sp³-hybridized carbons (Fsp3) is 0.609. The molecule has 7 nitrogen and oxygen atoms in total. The maximum atomic E-state index is 12.8. The van der Waals surface area contributed by atoms with Crippen LogP contribution < -0.4 is 10.6 Å². The van der Waals surface area contributed by atoms with Crippen LogP contribution in [0.1, 0.15) is 61.4 Å². The molecule has 0 bridgehead atoms. The minimum atomic E-state index is -0.339. The number of hydrogen-bond donors (Lipinski definition) is 2. The SMILES string of the molecule is CCNC(=NCc1ccc(C(=O)OC)cc1)NC1CCN(C(=O)C2CCCCC2)C1. The van der Waals surface area contributed by atoms with E-state index in [1.165, 1.54) is 26.4 Å². The number of rotatable bonds is 6. The molecule has 0 aromatic heterocycles. The molecule has 2 fully saturated rings. The Morgan fingerprint density at radius 2 is 1.87 bits per heavy atom. The molecule has 3 rings (SSSR count). The topological polar surface area (TPSA) is 83.0 Å². The second-order valence-corrected chi connectivity index (χ2v) is 8.13. The van der Waals surface area contributed by atoms with Gasteiger partial charge in [0.1, 0.15) is 0 Å². The van der Waals surface area contributed by atoms with Gasteiger partial charge >= 0.3 is 5.97 Å². The summed E-state index contributed by atoms with van der Waals surface area (Å²) in [5.41, 5.74) is 1.55.